The van der Waals surface area contributed by atoms with Gasteiger partial charge in [-0.2, -0.15) is 4.08 Å². The van der Waals surface area contributed by atoms with Crippen LogP contribution >= 0.6 is 27.1 Å². The van der Waals surface area contributed by atoms with Crippen LogP contribution in [-0.2, 0) is 13.2 Å². The first-order chi connectivity index (χ1) is 4.72. The Morgan fingerprint density at radius 1 is 1.27 bits per heavy atom. The highest BCUT2D eigenvalue weighted by Gasteiger charge is 2.44. The van der Waals surface area contributed by atoms with Crippen LogP contribution in [0.1, 0.15) is 0 Å². The third kappa shape index (κ3) is 3.19. The van der Waals surface area contributed by atoms with Crippen molar-refractivity contribution >= 4 is 27.1 Å². The summed E-state index contributed by atoms with van der Waals surface area (Å²) in [4.78, 5) is 24.7. The van der Waals surface area contributed by atoms with E-state index in [1.807, 2.05) is 0 Å². The Balaban J connectivity index is 4.64. The molecule has 0 aromatic rings. The molecule has 0 heterocycles. The van der Waals surface area contributed by atoms with Gasteiger partial charge in [-0.25, -0.2) is 0 Å². The maximum atomic E-state index is 10.4. The van der Waals surface area contributed by atoms with E-state index in [0.717, 1.165) is 0 Å². The molecule has 68 valence electrons. The Hall–Kier alpha value is 0.550. The average molecular weight is 226 g/mol. The minimum Gasteiger partial charge on any atom is -0.370 e. The molecule has 0 bridgehead atoms. The molecule has 0 aliphatic rings. The summed E-state index contributed by atoms with van der Waals surface area (Å²) < 4.78 is 23.8. The average Bonchev–Trinajstić information content (AvgIpc) is 1.84. The zero-order valence-corrected chi connectivity index (χ0v) is 7.41. The number of halogens is 1. The predicted octanol–water partition coefficient (Wildman–Crippen LogP) is -0.204. The summed E-state index contributed by atoms with van der Waals surface area (Å²) in [5, 5.41) is 8.43. The van der Waals surface area contributed by atoms with Crippen molar-refractivity contribution in [1.29, 1.82) is 0 Å². The van der Waals surface area contributed by atoms with Crippen molar-refractivity contribution in [2.45, 2.75) is 5.59 Å². The molecule has 11 heavy (non-hydrogen) atoms. The molecule has 0 aliphatic carbocycles. The van der Waals surface area contributed by atoms with Crippen LogP contribution in [0.2, 0.25) is 0 Å². The second kappa shape index (κ2) is 3.51. The van der Waals surface area contributed by atoms with E-state index in [4.69, 9.17) is 19.8 Å². The monoisotopic (exact) mass is 226 g/mol. The van der Waals surface area contributed by atoms with Crippen molar-refractivity contribution in [2.75, 3.05) is 0 Å². The van der Waals surface area contributed by atoms with Crippen molar-refractivity contribution in [3.05, 3.63) is 0 Å². The zero-order chi connectivity index (χ0) is 9.28. The third-order valence-corrected chi connectivity index (χ3v) is 4.45. The molecule has 0 spiro atoms. The van der Waals surface area contributed by atoms with E-state index in [1.54, 1.807) is 0 Å². The Bertz CT molecular complexity index is 218. The largest absolute Gasteiger partial charge is 0.385 e. The van der Waals surface area contributed by atoms with Gasteiger partial charge in [0.05, 0.1) is 11.9 Å². The third-order valence-electron chi connectivity index (χ3n) is 0.692. The quantitative estimate of drug-likeness (QED) is 0.491. The van der Waals surface area contributed by atoms with Crippen LogP contribution in [0.4, 0.5) is 0 Å². The normalized spacial score (nSPS) is 20.8. The van der Waals surface area contributed by atoms with Gasteiger partial charge in [0.25, 0.3) is 5.59 Å². The molecule has 0 rings (SSSR count). The number of aliphatic hydroxyl groups is 1. The fourth-order valence-electron chi connectivity index (χ4n) is 0.226. The lowest BCUT2D eigenvalue weighted by atomic mass is 11.7. The molecule has 0 radical (unpaired) electrons. The molecule has 10 heteroatoms. The van der Waals surface area contributed by atoms with E-state index >= 15 is 0 Å². The van der Waals surface area contributed by atoms with Crippen LogP contribution < -0.4 is 0 Å². The van der Waals surface area contributed by atoms with E-state index in [2.05, 4.69) is 15.9 Å². The summed E-state index contributed by atoms with van der Waals surface area (Å²) >= 11 is 4.38. The summed E-state index contributed by atoms with van der Waals surface area (Å²) in [5.74, 6) is 0. The number of aliphatic hydroxyl groups excluding tert-OH is 1. The molecule has 0 aromatic carbocycles. The van der Waals surface area contributed by atoms with Crippen LogP contribution in [0.25, 0.3) is 0 Å². The first-order valence-electron chi connectivity index (χ1n) is 2.08. The van der Waals surface area contributed by atoms with Gasteiger partial charge in [0.1, 0.15) is 0 Å². The van der Waals surface area contributed by atoms with E-state index in [0.29, 0.717) is 0 Å². The lowest BCUT2D eigenvalue weighted by molar-refractivity contribution is 0.225. The van der Waals surface area contributed by atoms with Crippen molar-refractivity contribution in [2.24, 2.45) is 0 Å². The first-order valence-corrected chi connectivity index (χ1v) is 5.71. The summed E-state index contributed by atoms with van der Waals surface area (Å²) in [6.07, 6.45) is 0. The molecule has 2 unspecified atom stereocenters. The Labute approximate surface area is 66.4 Å². The van der Waals surface area contributed by atoms with Gasteiger partial charge >= 0.3 is 15.2 Å². The Kier molecular flexibility index (Phi) is 3.69. The topological polar surface area (TPSA) is 124 Å². The van der Waals surface area contributed by atoms with E-state index in [1.165, 1.54) is 0 Å². The zero-order valence-electron chi connectivity index (χ0n) is 4.86. The predicted molar refractivity (Wildman–Crippen MR) is 34.8 cm³/mol. The van der Waals surface area contributed by atoms with E-state index in [9.17, 15) is 9.13 Å². The SMILES string of the molecule is O=P(O)(O)C(O)P(=O)(O)OCl. The molecule has 0 aliphatic heterocycles. The number of hydrogen-bond acceptors (Lipinski definition) is 4. The van der Waals surface area contributed by atoms with Gasteiger partial charge < -0.3 is 19.8 Å². The minimum absolute atomic E-state index is 2.80. The molecule has 7 nitrogen and oxygen atoms in total. The maximum absolute atomic E-state index is 10.4. The smallest absolute Gasteiger partial charge is 0.370 e. The Morgan fingerprint density at radius 3 is 1.73 bits per heavy atom. The van der Waals surface area contributed by atoms with Crippen LogP contribution in [-0.4, -0.2) is 25.4 Å². The summed E-state index contributed by atoms with van der Waals surface area (Å²) in [7, 11) is -9.89. The fraction of sp³-hybridized carbons (Fsp3) is 1.00. The second-order valence-corrected chi connectivity index (χ2v) is 5.81. The molecule has 2 atom stereocenters. The van der Waals surface area contributed by atoms with E-state index in [-0.39, 0.29) is 0 Å². The molecule has 4 N–H and O–H groups in total. The van der Waals surface area contributed by atoms with Gasteiger partial charge in [-0.15, -0.1) is 0 Å². The lowest BCUT2D eigenvalue weighted by Gasteiger charge is -2.14. The fourth-order valence-corrected chi connectivity index (χ4v) is 2.35. The molecule has 0 amide bonds. The molecule has 0 saturated heterocycles. The molecule has 0 fully saturated rings. The standard InChI is InChI=1S/CH5ClO7P2/c2-9-11(7,8)1(3)10(4,5)6/h1,3H,(H,7,8)(H2,4,5,6). The highest BCUT2D eigenvalue weighted by atomic mass is 35.5. The molecular formula is CH5ClO7P2. The van der Waals surface area contributed by atoms with Crippen LogP contribution in [0, 0.1) is 0 Å². The van der Waals surface area contributed by atoms with Crippen LogP contribution in [0.3, 0.4) is 0 Å². The molecule has 0 saturated carbocycles. The van der Waals surface area contributed by atoms with Gasteiger partial charge in [-0.1, -0.05) is 0 Å². The van der Waals surface area contributed by atoms with Gasteiger partial charge in [-0.05, 0) is 0 Å². The minimum atomic E-state index is -5.06. The molecular weight excluding hydrogens is 221 g/mol. The van der Waals surface area contributed by atoms with E-state index < -0.39 is 20.8 Å². The van der Waals surface area contributed by atoms with Crippen LogP contribution in [0.15, 0.2) is 0 Å². The number of rotatable bonds is 3. The Morgan fingerprint density at radius 2 is 1.64 bits per heavy atom. The summed E-state index contributed by atoms with van der Waals surface area (Å²) in [6.45, 7) is 0. The summed E-state index contributed by atoms with van der Waals surface area (Å²) in [5.41, 5.74) is -2.80. The van der Waals surface area contributed by atoms with Gasteiger partial charge in [-0.3, -0.25) is 9.13 Å². The van der Waals surface area contributed by atoms with Crippen molar-refractivity contribution in [1.82, 2.24) is 0 Å². The van der Waals surface area contributed by atoms with Gasteiger partial charge in [0.15, 0.2) is 0 Å². The molecule has 0 aromatic heterocycles. The highest BCUT2D eigenvalue weighted by Crippen LogP contribution is 2.61. The first kappa shape index (κ1) is 11.6. The van der Waals surface area contributed by atoms with Crippen LogP contribution in [0.5, 0.6) is 0 Å². The maximum Gasteiger partial charge on any atom is 0.385 e. The van der Waals surface area contributed by atoms with Crippen molar-refractivity contribution in [3.63, 3.8) is 0 Å². The second-order valence-electron chi connectivity index (χ2n) is 1.57. The van der Waals surface area contributed by atoms with Crippen molar-refractivity contribution < 1.29 is 33.0 Å². The lowest BCUT2D eigenvalue weighted by Crippen LogP contribution is -2.07. The number of hydrogen-bond donors (Lipinski definition) is 4. The van der Waals surface area contributed by atoms with Crippen molar-refractivity contribution in [3.8, 4) is 0 Å². The highest BCUT2D eigenvalue weighted by molar-refractivity contribution is 7.71. The van der Waals surface area contributed by atoms with Gasteiger partial charge in [0.2, 0.25) is 0 Å². The summed E-state index contributed by atoms with van der Waals surface area (Å²) in [6, 6.07) is 0. The van der Waals surface area contributed by atoms with Gasteiger partial charge in [0, 0.05) is 0 Å².